The first-order valence-corrected chi connectivity index (χ1v) is 15.5. The van der Waals surface area contributed by atoms with Gasteiger partial charge in [-0.1, -0.05) is 0 Å². The second-order valence-corrected chi connectivity index (χ2v) is 12.1. The van der Waals surface area contributed by atoms with Gasteiger partial charge in [-0.3, -0.25) is 4.90 Å². The highest BCUT2D eigenvalue weighted by molar-refractivity contribution is 5.85. The average molecular weight is 959 g/mol. The van der Waals surface area contributed by atoms with Crippen LogP contribution >= 0.6 is 0 Å². The summed E-state index contributed by atoms with van der Waals surface area (Å²) in [4.78, 5) is -2.13. The maximum absolute atomic E-state index is 16.0. The third-order valence-electron chi connectivity index (χ3n) is 8.77. The summed E-state index contributed by atoms with van der Waals surface area (Å²) in [5.74, 6) is -93.1. The summed E-state index contributed by atoms with van der Waals surface area (Å²) in [6.07, 6.45) is 0. The van der Waals surface area contributed by atoms with Gasteiger partial charge in [0.05, 0.1) is 33.4 Å². The number of benzene rings is 6. The van der Waals surface area contributed by atoms with Gasteiger partial charge in [-0.05, 0) is 0 Å². The number of rotatable bonds is 6. The third-order valence-corrected chi connectivity index (χ3v) is 8.77. The van der Waals surface area contributed by atoms with Crippen LogP contribution in [-0.4, -0.2) is 0 Å². The first kappa shape index (κ1) is 46.7. The lowest BCUT2D eigenvalue weighted by Gasteiger charge is -2.29. The van der Waals surface area contributed by atoms with Gasteiger partial charge in [0.1, 0.15) is 17.1 Å². The number of hydrogen-bond acceptors (Lipinski definition) is 1. The van der Waals surface area contributed by atoms with Crippen LogP contribution in [0.25, 0.3) is 33.4 Å². The molecule has 6 aromatic carbocycles. The fourth-order valence-electron chi connectivity index (χ4n) is 5.92. The predicted octanol–water partition coefficient (Wildman–Crippen LogP) is 13.9. The Bertz CT molecular complexity index is 2590. The van der Waals surface area contributed by atoms with Gasteiger partial charge in [0.25, 0.3) is 0 Å². The molecule has 0 bridgehead atoms. The highest BCUT2D eigenvalue weighted by atomic mass is 19.2. The zero-order chi connectivity index (χ0) is 48.4. The molecule has 0 unspecified atom stereocenters. The van der Waals surface area contributed by atoms with Crippen LogP contribution in [-0.2, 0) is 0 Å². The third kappa shape index (κ3) is 6.25. The molecule has 0 saturated carbocycles. The first-order valence-electron chi connectivity index (χ1n) is 15.5. The van der Waals surface area contributed by atoms with E-state index in [0.717, 1.165) is 0 Å². The van der Waals surface area contributed by atoms with Crippen LogP contribution in [0.15, 0.2) is 0 Å². The van der Waals surface area contributed by atoms with Crippen molar-refractivity contribution in [2.75, 3.05) is 4.90 Å². The quantitative estimate of drug-likeness (QED) is 0.0913. The fraction of sp³-hybridized carbons (Fsp3) is 0. The SMILES string of the molecule is Fc1c(F)c(F)c(-c2c(F)c(F)c(N(c3c(F)c(F)c(-c4c(F)c(F)c(F)c(F)c4F)c(F)c3F)c3c(F)c(F)c(-c4c(F)c(F)c(F)c(F)c4F)c(F)c3F)c(F)c2F)c(F)c1F. The van der Waals surface area contributed by atoms with E-state index in [1.807, 2.05) is 0 Å². The maximum Gasteiger partial charge on any atom is 0.200 e. The molecule has 0 atom stereocenters. The zero-order valence-electron chi connectivity index (χ0n) is 28.7. The van der Waals surface area contributed by atoms with Crippen LogP contribution in [0.5, 0.6) is 0 Å². The van der Waals surface area contributed by atoms with Crippen molar-refractivity contribution in [1.29, 1.82) is 0 Å². The topological polar surface area (TPSA) is 3.24 Å². The normalized spacial score (nSPS) is 11.7. The molecule has 0 fully saturated rings. The van der Waals surface area contributed by atoms with Crippen LogP contribution in [0.1, 0.15) is 0 Å². The number of halogens is 27. The molecule has 0 heterocycles. The molecule has 338 valence electrons. The van der Waals surface area contributed by atoms with Gasteiger partial charge in [-0.2, -0.15) is 0 Å². The molecule has 0 amide bonds. The molecule has 6 rings (SSSR count). The Labute approximate surface area is 331 Å². The van der Waals surface area contributed by atoms with Gasteiger partial charge in [0, 0.05) is 0 Å². The van der Waals surface area contributed by atoms with Gasteiger partial charge in [0.2, 0.25) is 17.5 Å². The summed E-state index contributed by atoms with van der Waals surface area (Å²) in [5.41, 5.74) is -29.0. The predicted molar refractivity (Wildman–Crippen MR) is 156 cm³/mol. The van der Waals surface area contributed by atoms with E-state index < -0.39 is 212 Å². The highest BCUT2D eigenvalue weighted by Gasteiger charge is 2.44. The highest BCUT2D eigenvalue weighted by Crippen LogP contribution is 2.51. The van der Waals surface area contributed by atoms with E-state index in [4.69, 9.17) is 0 Å². The lowest BCUT2D eigenvalue weighted by molar-refractivity contribution is 0.379. The minimum Gasteiger partial charge on any atom is -0.294 e. The summed E-state index contributed by atoms with van der Waals surface area (Å²) in [6.45, 7) is 0. The molecule has 64 heavy (non-hydrogen) atoms. The molecule has 0 aliphatic heterocycles. The van der Waals surface area contributed by atoms with E-state index in [2.05, 4.69) is 0 Å². The molecule has 1 nitrogen and oxygen atoms in total. The van der Waals surface area contributed by atoms with E-state index in [0.29, 0.717) is 0 Å². The molecule has 0 N–H and O–H groups in total. The van der Waals surface area contributed by atoms with Crippen LogP contribution < -0.4 is 4.90 Å². The molecule has 0 aliphatic carbocycles. The van der Waals surface area contributed by atoms with Gasteiger partial charge in [0.15, 0.2) is 140 Å². The monoisotopic (exact) mass is 959 g/mol. The molecular weight excluding hydrogens is 959 g/mol. The lowest BCUT2D eigenvalue weighted by atomic mass is 9.97. The average Bonchev–Trinajstić information content (AvgIpc) is 3.26. The Morgan fingerprint density at radius 3 is 0.344 bits per heavy atom. The molecule has 28 heteroatoms. The van der Waals surface area contributed by atoms with E-state index >= 15 is 52.7 Å². The minimum absolute atomic E-state index is 2.13. The van der Waals surface area contributed by atoms with Gasteiger partial charge in [-0.15, -0.1) is 0 Å². The van der Waals surface area contributed by atoms with Gasteiger partial charge >= 0.3 is 0 Å². The standard InChI is InChI=1S/C36F27N/c37-7-1(8(38)20(50)25(55)19(7)49)4-13(43)28(58)34(29(59)14(4)44)64(35-30(60)15(45)5(16(46)31(35)61)2-9(39)21(51)26(56)22(52)10(2)40)36-32(62)17(47)6(18(48)33(36)63)3-11(41)23(53)27(57)24(54)12(3)42. The number of nitrogens with zero attached hydrogens (tertiary/aromatic N) is 1. The van der Waals surface area contributed by atoms with E-state index in [-0.39, 0.29) is 0 Å². The van der Waals surface area contributed by atoms with Crippen LogP contribution in [0.2, 0.25) is 0 Å². The first-order chi connectivity index (χ1) is 29.6. The molecule has 6 aromatic rings. The van der Waals surface area contributed by atoms with E-state index in [9.17, 15) is 65.9 Å². The Hall–Kier alpha value is -6.77. The summed E-state index contributed by atoms with van der Waals surface area (Å²) in [7, 11) is 0. The number of hydrogen-bond donors (Lipinski definition) is 0. The molecule has 0 spiro atoms. The second kappa shape index (κ2) is 15.8. The smallest absolute Gasteiger partial charge is 0.200 e. The van der Waals surface area contributed by atoms with Crippen LogP contribution in [0, 0.1) is 157 Å². The van der Waals surface area contributed by atoms with Crippen LogP contribution in [0.3, 0.4) is 0 Å². The lowest BCUT2D eigenvalue weighted by Crippen LogP contribution is -2.24. The summed E-state index contributed by atoms with van der Waals surface area (Å²) < 4.78 is 402. The Balaban J connectivity index is 1.84. The minimum atomic E-state index is -3.79. The van der Waals surface area contributed by atoms with Crippen molar-refractivity contribution >= 4 is 17.1 Å². The van der Waals surface area contributed by atoms with Gasteiger partial charge in [-0.25, -0.2) is 119 Å². The van der Waals surface area contributed by atoms with Crippen molar-refractivity contribution in [1.82, 2.24) is 0 Å². The van der Waals surface area contributed by atoms with Crippen molar-refractivity contribution in [3.05, 3.63) is 157 Å². The fourth-order valence-corrected chi connectivity index (χ4v) is 5.92. The summed E-state index contributed by atoms with van der Waals surface area (Å²) in [6, 6.07) is 0. The Kier molecular flexibility index (Phi) is 11.5. The van der Waals surface area contributed by atoms with Crippen molar-refractivity contribution < 1.29 is 119 Å². The van der Waals surface area contributed by atoms with Crippen molar-refractivity contribution in [2.24, 2.45) is 0 Å². The summed E-state index contributed by atoms with van der Waals surface area (Å²) in [5, 5.41) is 0. The molecule has 0 saturated heterocycles. The molecule has 0 aromatic heterocycles. The number of anilines is 3. The van der Waals surface area contributed by atoms with Crippen molar-refractivity contribution in [3.8, 4) is 33.4 Å². The second-order valence-electron chi connectivity index (χ2n) is 12.1. The Morgan fingerprint density at radius 2 is 0.219 bits per heavy atom. The largest absolute Gasteiger partial charge is 0.294 e. The van der Waals surface area contributed by atoms with Crippen molar-refractivity contribution in [2.45, 2.75) is 0 Å². The zero-order valence-corrected chi connectivity index (χ0v) is 28.7. The maximum atomic E-state index is 16.0. The van der Waals surface area contributed by atoms with E-state index in [1.165, 1.54) is 0 Å². The van der Waals surface area contributed by atoms with Gasteiger partial charge < -0.3 is 0 Å². The molecule has 0 radical (unpaired) electrons. The summed E-state index contributed by atoms with van der Waals surface area (Å²) >= 11 is 0. The molecular formula is C36F27N. The Morgan fingerprint density at radius 1 is 0.125 bits per heavy atom. The molecule has 0 aliphatic rings. The van der Waals surface area contributed by atoms with E-state index in [1.54, 1.807) is 0 Å². The van der Waals surface area contributed by atoms with Crippen molar-refractivity contribution in [3.63, 3.8) is 0 Å². The van der Waals surface area contributed by atoms with Crippen LogP contribution in [0.4, 0.5) is 136 Å².